The van der Waals surface area contributed by atoms with E-state index in [1.807, 2.05) is 0 Å². The van der Waals surface area contributed by atoms with Crippen LogP contribution in [0.3, 0.4) is 0 Å². The minimum Gasteiger partial charge on any atom is -0.381 e. The number of hydrogen-bond acceptors (Lipinski definition) is 6. The van der Waals surface area contributed by atoms with Crippen molar-refractivity contribution in [3.8, 4) is 0 Å². The standard InChI is InChI=1S/C12H18N6O/c1-12(3-5-19-6-4-12)17-9-8-7-14-18-10(8)16-11(13-2)15-9/h7H,3-6H2,1-2H3,(H3,13,14,15,16,17,18). The minimum atomic E-state index is 0.00180. The Morgan fingerprint density at radius 1 is 1.32 bits per heavy atom. The lowest BCUT2D eigenvalue weighted by atomic mass is 9.92. The number of H-pyrrole nitrogens is 1. The molecule has 1 fully saturated rings. The SMILES string of the molecule is CNc1nc(NC2(C)CCOCC2)c2cn[nH]c2n1. The van der Waals surface area contributed by atoms with E-state index in [0.29, 0.717) is 5.95 Å². The van der Waals surface area contributed by atoms with Gasteiger partial charge in [-0.25, -0.2) is 0 Å². The second-order valence-electron chi connectivity index (χ2n) is 5.08. The van der Waals surface area contributed by atoms with E-state index >= 15 is 0 Å². The van der Waals surface area contributed by atoms with Crippen molar-refractivity contribution in [3.05, 3.63) is 6.20 Å². The summed E-state index contributed by atoms with van der Waals surface area (Å²) in [6.45, 7) is 3.76. The van der Waals surface area contributed by atoms with E-state index < -0.39 is 0 Å². The highest BCUT2D eigenvalue weighted by Gasteiger charge is 2.28. The van der Waals surface area contributed by atoms with E-state index in [4.69, 9.17) is 4.74 Å². The molecule has 0 spiro atoms. The number of fused-ring (bicyclic) bond motifs is 1. The molecule has 0 aliphatic carbocycles. The van der Waals surface area contributed by atoms with Gasteiger partial charge < -0.3 is 15.4 Å². The second-order valence-corrected chi connectivity index (χ2v) is 5.08. The highest BCUT2D eigenvalue weighted by molar-refractivity contribution is 5.87. The Morgan fingerprint density at radius 2 is 2.11 bits per heavy atom. The quantitative estimate of drug-likeness (QED) is 0.774. The van der Waals surface area contributed by atoms with Crippen LogP contribution in [0.5, 0.6) is 0 Å². The molecule has 0 radical (unpaired) electrons. The normalized spacial score (nSPS) is 18.4. The van der Waals surface area contributed by atoms with Crippen LogP contribution in [0.2, 0.25) is 0 Å². The maximum atomic E-state index is 5.42. The first-order valence-electron chi connectivity index (χ1n) is 6.45. The minimum absolute atomic E-state index is 0.00180. The molecule has 1 aliphatic heterocycles. The van der Waals surface area contributed by atoms with Crippen LogP contribution >= 0.6 is 0 Å². The van der Waals surface area contributed by atoms with Gasteiger partial charge in [-0.15, -0.1) is 0 Å². The van der Waals surface area contributed by atoms with Gasteiger partial charge in [-0.3, -0.25) is 5.10 Å². The van der Waals surface area contributed by atoms with Crippen LogP contribution in [0.25, 0.3) is 11.0 Å². The molecule has 102 valence electrons. The molecule has 7 nitrogen and oxygen atoms in total. The summed E-state index contributed by atoms with van der Waals surface area (Å²) in [4.78, 5) is 8.82. The van der Waals surface area contributed by atoms with Crippen LogP contribution in [0.4, 0.5) is 11.8 Å². The van der Waals surface area contributed by atoms with Crippen molar-refractivity contribution in [1.29, 1.82) is 0 Å². The van der Waals surface area contributed by atoms with Crippen LogP contribution in [0.1, 0.15) is 19.8 Å². The molecule has 2 aromatic rings. The Kier molecular flexibility index (Phi) is 2.98. The van der Waals surface area contributed by atoms with Crippen LogP contribution in [0.15, 0.2) is 6.20 Å². The van der Waals surface area contributed by atoms with Crippen LogP contribution in [-0.2, 0) is 4.74 Å². The molecule has 0 aromatic carbocycles. The molecule has 0 unspecified atom stereocenters. The number of ether oxygens (including phenoxy) is 1. The Hall–Kier alpha value is -1.89. The summed E-state index contributed by atoms with van der Waals surface area (Å²) in [7, 11) is 1.80. The van der Waals surface area contributed by atoms with Crippen LogP contribution in [0, 0.1) is 0 Å². The van der Waals surface area contributed by atoms with E-state index in [1.54, 1.807) is 13.2 Å². The van der Waals surface area contributed by atoms with Crippen molar-refractivity contribution < 1.29 is 4.74 Å². The van der Waals surface area contributed by atoms with Gasteiger partial charge in [0.25, 0.3) is 0 Å². The molecule has 0 amide bonds. The lowest BCUT2D eigenvalue weighted by Gasteiger charge is -2.35. The summed E-state index contributed by atoms with van der Waals surface area (Å²) in [5.41, 5.74) is 0.736. The van der Waals surface area contributed by atoms with Crippen LogP contribution in [-0.4, -0.2) is 46.0 Å². The first-order valence-corrected chi connectivity index (χ1v) is 6.45. The number of rotatable bonds is 3. The average molecular weight is 262 g/mol. The van der Waals surface area contributed by atoms with Crippen molar-refractivity contribution in [3.63, 3.8) is 0 Å². The summed E-state index contributed by atoms with van der Waals surface area (Å²) >= 11 is 0. The van der Waals surface area contributed by atoms with E-state index in [0.717, 1.165) is 42.9 Å². The van der Waals surface area contributed by atoms with Gasteiger partial charge in [0.2, 0.25) is 5.95 Å². The number of anilines is 2. The lowest BCUT2D eigenvalue weighted by Crippen LogP contribution is -2.41. The average Bonchev–Trinajstić information content (AvgIpc) is 2.87. The van der Waals surface area contributed by atoms with Gasteiger partial charge in [-0.2, -0.15) is 15.1 Å². The van der Waals surface area contributed by atoms with E-state index in [9.17, 15) is 0 Å². The van der Waals surface area contributed by atoms with Gasteiger partial charge in [0.15, 0.2) is 5.65 Å². The predicted molar refractivity (Wildman–Crippen MR) is 73.3 cm³/mol. The van der Waals surface area contributed by atoms with Crippen molar-refractivity contribution in [2.45, 2.75) is 25.3 Å². The first-order chi connectivity index (χ1) is 9.20. The molecule has 0 atom stereocenters. The summed E-state index contributed by atoms with van der Waals surface area (Å²) in [6.07, 6.45) is 3.68. The third kappa shape index (κ3) is 2.33. The Balaban J connectivity index is 1.96. The molecule has 1 saturated heterocycles. The zero-order valence-corrected chi connectivity index (χ0v) is 11.2. The Labute approximate surface area is 111 Å². The fourth-order valence-corrected chi connectivity index (χ4v) is 2.27. The van der Waals surface area contributed by atoms with Crippen molar-refractivity contribution in [1.82, 2.24) is 20.2 Å². The van der Waals surface area contributed by atoms with E-state index in [1.165, 1.54) is 0 Å². The van der Waals surface area contributed by atoms with Gasteiger partial charge in [0.1, 0.15) is 5.82 Å². The third-order valence-electron chi connectivity index (χ3n) is 3.55. The van der Waals surface area contributed by atoms with Gasteiger partial charge in [-0.05, 0) is 19.8 Å². The molecular weight excluding hydrogens is 244 g/mol. The predicted octanol–water partition coefficient (Wildman–Crippen LogP) is 1.38. The number of nitrogens with zero attached hydrogens (tertiary/aromatic N) is 3. The Morgan fingerprint density at radius 3 is 2.84 bits per heavy atom. The smallest absolute Gasteiger partial charge is 0.226 e. The largest absolute Gasteiger partial charge is 0.381 e. The fourth-order valence-electron chi connectivity index (χ4n) is 2.27. The van der Waals surface area contributed by atoms with Gasteiger partial charge >= 0.3 is 0 Å². The molecule has 2 aromatic heterocycles. The number of hydrogen-bond donors (Lipinski definition) is 3. The molecule has 3 N–H and O–H groups in total. The van der Waals surface area contributed by atoms with Gasteiger partial charge in [-0.1, -0.05) is 0 Å². The molecule has 19 heavy (non-hydrogen) atoms. The molecular formula is C12H18N6O. The lowest BCUT2D eigenvalue weighted by molar-refractivity contribution is 0.0657. The molecule has 3 rings (SSSR count). The summed E-state index contributed by atoms with van der Waals surface area (Å²) in [5, 5.41) is 14.3. The first kappa shape index (κ1) is 12.2. The summed E-state index contributed by atoms with van der Waals surface area (Å²) in [6, 6.07) is 0. The van der Waals surface area contributed by atoms with E-state index in [-0.39, 0.29) is 5.54 Å². The van der Waals surface area contributed by atoms with E-state index in [2.05, 4.69) is 37.7 Å². The Bertz CT molecular complexity index is 575. The topological polar surface area (TPSA) is 87.8 Å². The molecule has 0 bridgehead atoms. The molecule has 0 saturated carbocycles. The monoisotopic (exact) mass is 262 g/mol. The maximum absolute atomic E-state index is 5.42. The highest BCUT2D eigenvalue weighted by Crippen LogP contribution is 2.28. The fraction of sp³-hybridized carbons (Fsp3) is 0.583. The number of aromatic nitrogens is 4. The number of nitrogens with one attached hydrogen (secondary N) is 3. The van der Waals surface area contributed by atoms with Crippen molar-refractivity contribution in [2.24, 2.45) is 0 Å². The second kappa shape index (κ2) is 4.65. The summed E-state index contributed by atoms with van der Waals surface area (Å²) < 4.78 is 5.42. The molecule has 3 heterocycles. The van der Waals surface area contributed by atoms with Crippen LogP contribution < -0.4 is 10.6 Å². The maximum Gasteiger partial charge on any atom is 0.226 e. The molecule has 1 aliphatic rings. The van der Waals surface area contributed by atoms with Gasteiger partial charge in [0.05, 0.1) is 11.6 Å². The third-order valence-corrected chi connectivity index (χ3v) is 3.55. The molecule has 7 heteroatoms. The summed E-state index contributed by atoms with van der Waals surface area (Å²) in [5.74, 6) is 1.39. The number of aromatic amines is 1. The highest BCUT2D eigenvalue weighted by atomic mass is 16.5. The van der Waals surface area contributed by atoms with Crippen molar-refractivity contribution in [2.75, 3.05) is 30.9 Å². The zero-order valence-electron chi connectivity index (χ0n) is 11.2. The van der Waals surface area contributed by atoms with Gasteiger partial charge in [0, 0.05) is 25.8 Å². The van der Waals surface area contributed by atoms with Crippen molar-refractivity contribution >= 4 is 22.8 Å². The zero-order chi connectivity index (χ0) is 13.3.